The van der Waals surface area contributed by atoms with E-state index in [1.165, 1.54) is 44.9 Å². The van der Waals surface area contributed by atoms with E-state index in [0.29, 0.717) is 11.3 Å². The van der Waals surface area contributed by atoms with Crippen LogP contribution in [0, 0.1) is 46.8 Å². The van der Waals surface area contributed by atoms with E-state index in [4.69, 9.17) is 4.74 Å². The van der Waals surface area contributed by atoms with Crippen LogP contribution in [-0.2, 0) is 9.53 Å². The first-order valence-corrected chi connectivity index (χ1v) is 11.7. The van der Waals surface area contributed by atoms with Gasteiger partial charge in [-0.25, -0.2) is 0 Å². The third-order valence-corrected chi connectivity index (χ3v) is 10.3. The Hall–Kier alpha value is -0.530. The third kappa shape index (κ3) is 2.32. The molecule has 0 radical (unpaired) electrons. The molecule has 0 heterocycles. The minimum Gasteiger partial charge on any atom is -0.459 e. The topological polar surface area (TPSA) is 26.3 Å². The molecule has 5 aliphatic carbocycles. The number of carbonyl (C=O) groups is 1. The number of hydrogen-bond acceptors (Lipinski definition) is 2. The van der Waals surface area contributed by atoms with Crippen molar-refractivity contribution in [3.63, 3.8) is 0 Å². The molecule has 0 N–H and O–H groups in total. The molecule has 0 saturated heterocycles. The van der Waals surface area contributed by atoms with E-state index < -0.39 is 0 Å². The highest BCUT2D eigenvalue weighted by molar-refractivity contribution is 5.74. The fraction of sp³-hybridized carbons (Fsp3) is 0.958. The van der Waals surface area contributed by atoms with Crippen LogP contribution in [0.1, 0.15) is 91.4 Å². The molecule has 8 atom stereocenters. The zero-order valence-corrected chi connectivity index (χ0v) is 17.1. The quantitative estimate of drug-likeness (QED) is 0.579. The summed E-state index contributed by atoms with van der Waals surface area (Å²) >= 11 is 0. The van der Waals surface area contributed by atoms with Crippen LogP contribution in [0.2, 0.25) is 0 Å². The Morgan fingerprint density at radius 2 is 1.69 bits per heavy atom. The van der Waals surface area contributed by atoms with Gasteiger partial charge in [-0.2, -0.15) is 0 Å². The number of carbonyl (C=O) groups excluding carboxylic acids is 1. The first-order valence-electron chi connectivity index (χ1n) is 11.7. The number of ether oxygens (including phenoxy) is 1. The molecule has 0 aromatic carbocycles. The van der Waals surface area contributed by atoms with Gasteiger partial charge in [0.1, 0.15) is 5.60 Å². The fourth-order valence-corrected chi connectivity index (χ4v) is 8.70. The summed E-state index contributed by atoms with van der Waals surface area (Å²) in [5.74, 6) is 5.62. The van der Waals surface area contributed by atoms with Crippen LogP contribution >= 0.6 is 0 Å². The van der Waals surface area contributed by atoms with Crippen LogP contribution < -0.4 is 0 Å². The molecule has 0 aromatic heterocycles. The third-order valence-electron chi connectivity index (χ3n) is 10.3. The molecule has 4 bridgehead atoms. The molecule has 146 valence electrons. The van der Waals surface area contributed by atoms with Gasteiger partial charge in [0.2, 0.25) is 0 Å². The Labute approximate surface area is 159 Å². The molecule has 1 spiro atoms. The normalized spacial score (nSPS) is 51.3. The lowest BCUT2D eigenvalue weighted by molar-refractivity contribution is -0.172. The Balaban J connectivity index is 1.27. The molecular formula is C24H38O2. The molecule has 0 aromatic rings. The minimum absolute atomic E-state index is 0.120. The van der Waals surface area contributed by atoms with Crippen molar-refractivity contribution >= 4 is 5.97 Å². The van der Waals surface area contributed by atoms with Crippen molar-refractivity contribution in [1.82, 2.24) is 0 Å². The average molecular weight is 359 g/mol. The zero-order chi connectivity index (χ0) is 18.1. The average Bonchev–Trinajstić information content (AvgIpc) is 3.38. The smallest absolute Gasteiger partial charge is 0.309 e. The molecule has 26 heavy (non-hydrogen) atoms. The largest absolute Gasteiger partial charge is 0.459 e. The van der Waals surface area contributed by atoms with Gasteiger partial charge in [0.15, 0.2) is 0 Å². The molecule has 5 aliphatic rings. The lowest BCUT2D eigenvalue weighted by atomic mass is 9.58. The summed E-state index contributed by atoms with van der Waals surface area (Å²) in [6, 6.07) is 0. The van der Waals surface area contributed by atoms with Crippen LogP contribution in [0.5, 0.6) is 0 Å². The van der Waals surface area contributed by atoms with E-state index in [-0.39, 0.29) is 17.5 Å². The van der Waals surface area contributed by atoms with Crippen molar-refractivity contribution in [2.24, 2.45) is 46.8 Å². The predicted octanol–water partition coefficient (Wildman–Crippen LogP) is 5.99. The van der Waals surface area contributed by atoms with Gasteiger partial charge < -0.3 is 4.74 Å². The van der Waals surface area contributed by atoms with Gasteiger partial charge in [-0.05, 0) is 105 Å². The summed E-state index contributed by atoms with van der Waals surface area (Å²) in [6.07, 6.45) is 13.8. The van der Waals surface area contributed by atoms with Crippen LogP contribution in [-0.4, -0.2) is 11.6 Å². The maximum Gasteiger partial charge on any atom is 0.309 e. The van der Waals surface area contributed by atoms with E-state index in [2.05, 4.69) is 20.8 Å². The second-order valence-electron chi connectivity index (χ2n) is 11.0. The lowest BCUT2D eigenvalue weighted by Gasteiger charge is -2.47. The number of hydrogen-bond donors (Lipinski definition) is 0. The van der Waals surface area contributed by atoms with E-state index in [9.17, 15) is 4.79 Å². The summed E-state index contributed by atoms with van der Waals surface area (Å²) in [5.41, 5.74) is 0.497. The maximum absolute atomic E-state index is 13.1. The van der Waals surface area contributed by atoms with Crippen LogP contribution in [0.4, 0.5) is 0 Å². The molecule has 5 fully saturated rings. The number of esters is 1. The van der Waals surface area contributed by atoms with Crippen LogP contribution in [0.3, 0.4) is 0 Å². The second-order valence-corrected chi connectivity index (χ2v) is 11.0. The first-order chi connectivity index (χ1) is 12.5. The van der Waals surface area contributed by atoms with Gasteiger partial charge in [-0.1, -0.05) is 27.2 Å². The van der Waals surface area contributed by atoms with Crippen molar-refractivity contribution in [1.29, 1.82) is 0 Å². The lowest BCUT2D eigenvalue weighted by Crippen LogP contribution is -2.44. The van der Waals surface area contributed by atoms with Gasteiger partial charge in [0.25, 0.3) is 0 Å². The van der Waals surface area contributed by atoms with Gasteiger partial charge in [-0.15, -0.1) is 0 Å². The SMILES string of the molecule is CCC1(OC(=O)C2CC3CC2CC32CC3CC2C(C)C3C)CCCCC1. The number of fused-ring (bicyclic) bond motifs is 6. The van der Waals surface area contributed by atoms with Crippen LogP contribution in [0.15, 0.2) is 0 Å². The van der Waals surface area contributed by atoms with Gasteiger partial charge in [0.05, 0.1) is 5.92 Å². The van der Waals surface area contributed by atoms with Gasteiger partial charge >= 0.3 is 5.97 Å². The van der Waals surface area contributed by atoms with E-state index >= 15 is 0 Å². The first kappa shape index (κ1) is 17.6. The monoisotopic (exact) mass is 358 g/mol. The van der Waals surface area contributed by atoms with Gasteiger partial charge in [0, 0.05) is 0 Å². The zero-order valence-electron chi connectivity index (χ0n) is 17.1. The van der Waals surface area contributed by atoms with Crippen LogP contribution in [0.25, 0.3) is 0 Å². The molecule has 8 unspecified atom stereocenters. The van der Waals surface area contributed by atoms with Crippen molar-refractivity contribution in [2.45, 2.75) is 97.0 Å². The molecule has 2 nitrogen and oxygen atoms in total. The highest BCUT2D eigenvalue weighted by Gasteiger charge is 2.66. The van der Waals surface area contributed by atoms with Gasteiger partial charge in [-0.3, -0.25) is 4.79 Å². The summed E-state index contributed by atoms with van der Waals surface area (Å²) < 4.78 is 6.28. The highest BCUT2D eigenvalue weighted by Crippen LogP contribution is 2.73. The molecule has 5 saturated carbocycles. The van der Waals surface area contributed by atoms with E-state index in [1.807, 2.05) is 0 Å². The molecule has 0 aliphatic heterocycles. The molecule has 5 rings (SSSR count). The summed E-state index contributed by atoms with van der Waals surface area (Å²) in [6.45, 7) is 7.22. The van der Waals surface area contributed by atoms with E-state index in [0.717, 1.165) is 55.3 Å². The second kappa shape index (κ2) is 5.98. The van der Waals surface area contributed by atoms with Crippen molar-refractivity contribution in [3.05, 3.63) is 0 Å². The summed E-state index contributed by atoms with van der Waals surface area (Å²) in [7, 11) is 0. The summed E-state index contributed by atoms with van der Waals surface area (Å²) in [4.78, 5) is 13.1. The number of rotatable bonds is 3. The van der Waals surface area contributed by atoms with Crippen molar-refractivity contribution in [3.8, 4) is 0 Å². The molecule has 0 amide bonds. The molecular weight excluding hydrogens is 320 g/mol. The van der Waals surface area contributed by atoms with Crippen molar-refractivity contribution in [2.75, 3.05) is 0 Å². The maximum atomic E-state index is 13.1. The van der Waals surface area contributed by atoms with E-state index in [1.54, 1.807) is 0 Å². The van der Waals surface area contributed by atoms with Crippen molar-refractivity contribution < 1.29 is 9.53 Å². The minimum atomic E-state index is -0.120. The fourth-order valence-electron chi connectivity index (χ4n) is 8.70. The Bertz CT molecular complexity index is 575. The highest BCUT2D eigenvalue weighted by atomic mass is 16.6. The Morgan fingerprint density at radius 3 is 2.27 bits per heavy atom. The predicted molar refractivity (Wildman–Crippen MR) is 103 cm³/mol. The Morgan fingerprint density at radius 1 is 0.962 bits per heavy atom. The summed E-state index contributed by atoms with van der Waals surface area (Å²) in [5, 5.41) is 0. The standard InChI is InChI=1S/C24H38O2/c1-4-23(8-6-5-7-9-23)26-22(25)20-12-19-10-18(20)14-24(19)13-17-11-21(24)16(3)15(17)2/h15-21H,4-14H2,1-3H3. The Kier molecular flexibility index (Phi) is 4.04. The molecule has 2 heteroatoms.